The van der Waals surface area contributed by atoms with Gasteiger partial charge in [0.15, 0.2) is 0 Å². The summed E-state index contributed by atoms with van der Waals surface area (Å²) in [6.07, 6.45) is 2.39. The van der Waals surface area contributed by atoms with E-state index in [9.17, 15) is 10.1 Å². The lowest BCUT2D eigenvalue weighted by molar-refractivity contribution is -0.385. The lowest BCUT2D eigenvalue weighted by atomic mass is 10.1. The number of nitro benzene ring substituents is 1. The first-order chi connectivity index (χ1) is 9.04. The standard InChI is InChI=1S/C12H15N5O2/c1-8-3-4-11(17(18)19)9(2)12(8)16-7-10(5-6-13)14-15-16/h3-4,7H,5-6,13H2,1-2H3. The molecule has 1 aromatic carbocycles. The van der Waals surface area contributed by atoms with Crippen LogP contribution in [0.5, 0.6) is 0 Å². The molecule has 0 amide bonds. The number of aryl methyl sites for hydroxylation is 1. The lowest BCUT2D eigenvalue weighted by Gasteiger charge is -2.09. The lowest BCUT2D eigenvalue weighted by Crippen LogP contribution is -2.04. The number of nitrogens with two attached hydrogens (primary N) is 1. The smallest absolute Gasteiger partial charge is 0.274 e. The number of hydrogen-bond acceptors (Lipinski definition) is 5. The second-order valence-corrected chi connectivity index (χ2v) is 4.33. The molecule has 100 valence electrons. The van der Waals surface area contributed by atoms with Crippen molar-refractivity contribution < 1.29 is 4.92 Å². The number of nitrogens with zero attached hydrogens (tertiary/aromatic N) is 4. The summed E-state index contributed by atoms with van der Waals surface area (Å²) >= 11 is 0. The average molecular weight is 261 g/mol. The molecule has 0 atom stereocenters. The molecule has 1 heterocycles. The third-order valence-electron chi connectivity index (χ3n) is 2.97. The number of hydrogen-bond donors (Lipinski definition) is 1. The molecule has 2 aromatic rings. The van der Waals surface area contributed by atoms with Crippen LogP contribution in [0.3, 0.4) is 0 Å². The van der Waals surface area contributed by atoms with E-state index in [1.165, 1.54) is 6.07 Å². The van der Waals surface area contributed by atoms with Gasteiger partial charge in [-0.25, -0.2) is 4.68 Å². The molecule has 0 spiro atoms. The maximum absolute atomic E-state index is 11.0. The normalized spacial score (nSPS) is 10.7. The molecule has 0 fully saturated rings. The third-order valence-corrected chi connectivity index (χ3v) is 2.97. The number of rotatable bonds is 4. The summed E-state index contributed by atoms with van der Waals surface area (Å²) < 4.78 is 1.57. The fourth-order valence-corrected chi connectivity index (χ4v) is 2.05. The first kappa shape index (κ1) is 13.2. The van der Waals surface area contributed by atoms with E-state index < -0.39 is 4.92 Å². The molecular formula is C12H15N5O2. The summed E-state index contributed by atoms with van der Waals surface area (Å²) in [5, 5.41) is 19.0. The fraction of sp³-hybridized carbons (Fsp3) is 0.333. The van der Waals surface area contributed by atoms with Crippen LogP contribution in [-0.2, 0) is 6.42 Å². The maximum atomic E-state index is 11.0. The van der Waals surface area contributed by atoms with E-state index in [2.05, 4.69) is 10.3 Å². The molecule has 2 rings (SSSR count). The van der Waals surface area contributed by atoms with Crippen molar-refractivity contribution in [2.45, 2.75) is 20.3 Å². The predicted molar refractivity (Wildman–Crippen MR) is 70.2 cm³/mol. The van der Waals surface area contributed by atoms with Gasteiger partial charge in [-0.05, 0) is 26.0 Å². The fourth-order valence-electron chi connectivity index (χ4n) is 2.05. The zero-order chi connectivity index (χ0) is 14.0. The van der Waals surface area contributed by atoms with E-state index in [1.807, 2.05) is 6.92 Å². The predicted octanol–water partition coefficient (Wildman–Crippen LogP) is 1.29. The Bertz CT molecular complexity index is 621. The van der Waals surface area contributed by atoms with Gasteiger partial charge < -0.3 is 5.73 Å². The van der Waals surface area contributed by atoms with Crippen molar-refractivity contribution in [3.8, 4) is 5.69 Å². The average Bonchev–Trinajstić information content (AvgIpc) is 2.77. The van der Waals surface area contributed by atoms with Gasteiger partial charge >= 0.3 is 0 Å². The van der Waals surface area contributed by atoms with Crippen LogP contribution in [-0.4, -0.2) is 26.5 Å². The molecule has 0 saturated carbocycles. The highest BCUT2D eigenvalue weighted by atomic mass is 16.6. The number of aromatic nitrogens is 3. The van der Waals surface area contributed by atoms with Gasteiger partial charge in [0.05, 0.1) is 28.1 Å². The van der Waals surface area contributed by atoms with Crippen LogP contribution >= 0.6 is 0 Å². The first-order valence-corrected chi connectivity index (χ1v) is 5.91. The van der Waals surface area contributed by atoms with E-state index in [0.29, 0.717) is 24.2 Å². The van der Waals surface area contributed by atoms with E-state index in [4.69, 9.17) is 5.73 Å². The van der Waals surface area contributed by atoms with Crippen molar-refractivity contribution in [2.75, 3.05) is 6.54 Å². The summed E-state index contributed by atoms with van der Waals surface area (Å²) in [6, 6.07) is 3.22. The highest BCUT2D eigenvalue weighted by Gasteiger charge is 2.17. The van der Waals surface area contributed by atoms with E-state index in [-0.39, 0.29) is 5.69 Å². The molecule has 0 radical (unpaired) electrons. The molecule has 0 bridgehead atoms. The Labute approximate surface area is 110 Å². The zero-order valence-electron chi connectivity index (χ0n) is 10.8. The molecule has 7 nitrogen and oxygen atoms in total. The van der Waals surface area contributed by atoms with Crippen LogP contribution in [0.1, 0.15) is 16.8 Å². The summed E-state index contributed by atoms with van der Waals surface area (Å²) in [6.45, 7) is 4.09. The molecule has 0 aliphatic carbocycles. The minimum atomic E-state index is -0.393. The van der Waals surface area contributed by atoms with Crippen molar-refractivity contribution in [1.29, 1.82) is 0 Å². The van der Waals surface area contributed by atoms with E-state index in [0.717, 1.165) is 11.3 Å². The monoisotopic (exact) mass is 261 g/mol. The summed E-state index contributed by atoms with van der Waals surface area (Å²) in [4.78, 5) is 10.6. The largest absolute Gasteiger partial charge is 0.330 e. The van der Waals surface area contributed by atoms with Crippen molar-refractivity contribution in [1.82, 2.24) is 15.0 Å². The van der Waals surface area contributed by atoms with Crippen molar-refractivity contribution in [3.63, 3.8) is 0 Å². The SMILES string of the molecule is Cc1ccc([N+](=O)[O-])c(C)c1-n1cc(CCN)nn1. The van der Waals surface area contributed by atoms with Gasteiger partial charge in [0.25, 0.3) is 5.69 Å². The van der Waals surface area contributed by atoms with Crippen molar-refractivity contribution >= 4 is 5.69 Å². The topological polar surface area (TPSA) is 99.9 Å². The minimum Gasteiger partial charge on any atom is -0.330 e. The summed E-state index contributed by atoms with van der Waals surface area (Å²) in [5.41, 5.74) is 8.50. The second kappa shape index (κ2) is 5.15. The van der Waals surface area contributed by atoms with Crippen LogP contribution < -0.4 is 5.73 Å². The molecule has 0 unspecified atom stereocenters. The molecule has 2 N–H and O–H groups in total. The Kier molecular flexibility index (Phi) is 3.57. The molecule has 7 heteroatoms. The second-order valence-electron chi connectivity index (χ2n) is 4.33. The van der Waals surface area contributed by atoms with Crippen LogP contribution in [0.2, 0.25) is 0 Å². The Morgan fingerprint density at radius 1 is 1.42 bits per heavy atom. The molecule has 0 aliphatic heterocycles. The highest BCUT2D eigenvalue weighted by Crippen LogP contribution is 2.27. The van der Waals surface area contributed by atoms with Crippen LogP contribution in [0.4, 0.5) is 5.69 Å². The van der Waals surface area contributed by atoms with Gasteiger partial charge in [0.1, 0.15) is 0 Å². The molecule has 19 heavy (non-hydrogen) atoms. The quantitative estimate of drug-likeness (QED) is 0.660. The van der Waals surface area contributed by atoms with Crippen LogP contribution in [0.25, 0.3) is 5.69 Å². The van der Waals surface area contributed by atoms with Crippen LogP contribution in [0.15, 0.2) is 18.3 Å². The van der Waals surface area contributed by atoms with Crippen LogP contribution in [0, 0.1) is 24.0 Å². The Hall–Kier alpha value is -2.28. The highest BCUT2D eigenvalue weighted by molar-refractivity contribution is 5.56. The van der Waals surface area contributed by atoms with E-state index >= 15 is 0 Å². The Morgan fingerprint density at radius 3 is 2.79 bits per heavy atom. The third kappa shape index (κ3) is 2.45. The van der Waals surface area contributed by atoms with Gasteiger partial charge in [0.2, 0.25) is 0 Å². The first-order valence-electron chi connectivity index (χ1n) is 5.91. The van der Waals surface area contributed by atoms with Crippen molar-refractivity contribution in [3.05, 3.63) is 45.3 Å². The van der Waals surface area contributed by atoms with Gasteiger partial charge in [-0.2, -0.15) is 0 Å². The minimum absolute atomic E-state index is 0.0801. The van der Waals surface area contributed by atoms with Gasteiger partial charge in [-0.3, -0.25) is 10.1 Å². The molecule has 0 aliphatic rings. The Morgan fingerprint density at radius 2 is 2.16 bits per heavy atom. The Balaban J connectivity index is 2.53. The maximum Gasteiger partial charge on any atom is 0.274 e. The van der Waals surface area contributed by atoms with Gasteiger partial charge in [-0.1, -0.05) is 11.3 Å². The molecule has 1 aromatic heterocycles. The summed E-state index contributed by atoms with van der Waals surface area (Å²) in [5.74, 6) is 0. The summed E-state index contributed by atoms with van der Waals surface area (Å²) in [7, 11) is 0. The van der Waals surface area contributed by atoms with Gasteiger partial charge in [0, 0.05) is 12.5 Å². The van der Waals surface area contributed by atoms with Crippen molar-refractivity contribution in [2.24, 2.45) is 5.73 Å². The van der Waals surface area contributed by atoms with Gasteiger partial charge in [-0.15, -0.1) is 5.10 Å². The molecular weight excluding hydrogens is 246 g/mol. The van der Waals surface area contributed by atoms with E-state index in [1.54, 1.807) is 23.9 Å². The molecule has 0 saturated heterocycles. The number of benzene rings is 1. The zero-order valence-corrected chi connectivity index (χ0v) is 10.8. The number of nitro groups is 1.